The van der Waals surface area contributed by atoms with Gasteiger partial charge in [-0.3, -0.25) is 4.79 Å². The Labute approximate surface area is 117 Å². The van der Waals surface area contributed by atoms with Crippen LogP contribution in [0.25, 0.3) is 0 Å². The zero-order valence-corrected chi connectivity index (χ0v) is 12.1. The van der Waals surface area contributed by atoms with Crippen LogP contribution < -0.4 is 11.1 Å². The minimum absolute atomic E-state index is 0.0777. The van der Waals surface area contributed by atoms with E-state index in [0.29, 0.717) is 13.0 Å². The third-order valence-electron chi connectivity index (χ3n) is 2.57. The highest BCUT2D eigenvalue weighted by Gasteiger charge is 2.11. The fourth-order valence-electron chi connectivity index (χ4n) is 1.53. The molecule has 0 spiro atoms. The lowest BCUT2D eigenvalue weighted by atomic mass is 10.1. The topological polar surface area (TPSA) is 55.1 Å². The van der Waals surface area contributed by atoms with E-state index in [-0.39, 0.29) is 5.91 Å². The number of hydrogen-bond acceptors (Lipinski definition) is 3. The van der Waals surface area contributed by atoms with Gasteiger partial charge in [0.15, 0.2) is 0 Å². The summed E-state index contributed by atoms with van der Waals surface area (Å²) in [5.41, 5.74) is 6.87. The van der Waals surface area contributed by atoms with Crippen molar-refractivity contribution < 1.29 is 4.79 Å². The molecule has 0 saturated carbocycles. The fourth-order valence-corrected chi connectivity index (χ4v) is 2.23. The molecule has 1 rings (SSSR count). The Hall–Kier alpha value is -0.710. The third kappa shape index (κ3) is 5.76. The van der Waals surface area contributed by atoms with Gasteiger partial charge in [0.25, 0.3) is 0 Å². The van der Waals surface area contributed by atoms with Crippen LogP contribution in [0.15, 0.2) is 24.3 Å². The highest BCUT2D eigenvalue weighted by molar-refractivity contribution is 7.98. The first-order valence-electron chi connectivity index (χ1n) is 5.90. The van der Waals surface area contributed by atoms with E-state index in [2.05, 4.69) is 5.32 Å². The van der Waals surface area contributed by atoms with Crippen LogP contribution in [0.5, 0.6) is 0 Å². The Morgan fingerprint density at radius 1 is 1.56 bits per heavy atom. The van der Waals surface area contributed by atoms with Crippen LogP contribution in [0, 0.1) is 0 Å². The SMILES string of the molecule is CSCC[C@H](N)C(=O)NCCc1cccc(Cl)c1. The first-order chi connectivity index (χ1) is 8.63. The van der Waals surface area contributed by atoms with Crippen LogP contribution in [-0.2, 0) is 11.2 Å². The lowest BCUT2D eigenvalue weighted by Gasteiger charge is -2.11. The number of thioether (sulfide) groups is 1. The molecule has 0 aliphatic heterocycles. The number of benzene rings is 1. The molecule has 0 aromatic heterocycles. The van der Waals surface area contributed by atoms with Gasteiger partial charge in [-0.15, -0.1) is 0 Å². The predicted octanol–water partition coefficient (Wildman–Crippen LogP) is 2.08. The lowest BCUT2D eigenvalue weighted by Crippen LogP contribution is -2.41. The summed E-state index contributed by atoms with van der Waals surface area (Å²) in [6.45, 7) is 0.589. The van der Waals surface area contributed by atoms with E-state index < -0.39 is 6.04 Å². The summed E-state index contributed by atoms with van der Waals surface area (Å²) in [5, 5.41) is 3.56. The molecule has 0 bridgehead atoms. The van der Waals surface area contributed by atoms with Gasteiger partial charge in [0, 0.05) is 11.6 Å². The molecule has 18 heavy (non-hydrogen) atoms. The van der Waals surface area contributed by atoms with Gasteiger partial charge < -0.3 is 11.1 Å². The van der Waals surface area contributed by atoms with E-state index in [1.54, 1.807) is 11.8 Å². The summed E-state index contributed by atoms with van der Waals surface area (Å²) in [7, 11) is 0. The Morgan fingerprint density at radius 2 is 2.33 bits per heavy atom. The highest BCUT2D eigenvalue weighted by Crippen LogP contribution is 2.10. The Balaban J connectivity index is 2.27. The third-order valence-corrected chi connectivity index (χ3v) is 3.45. The van der Waals surface area contributed by atoms with E-state index >= 15 is 0 Å². The van der Waals surface area contributed by atoms with Gasteiger partial charge in [0.05, 0.1) is 6.04 Å². The number of halogens is 1. The van der Waals surface area contributed by atoms with Gasteiger partial charge in [-0.05, 0) is 42.5 Å². The van der Waals surface area contributed by atoms with Crippen molar-refractivity contribution in [2.75, 3.05) is 18.6 Å². The molecule has 100 valence electrons. The van der Waals surface area contributed by atoms with Crippen LogP contribution in [-0.4, -0.2) is 30.5 Å². The van der Waals surface area contributed by atoms with Crippen LogP contribution in [0.4, 0.5) is 0 Å². The standard InChI is InChI=1S/C13H19ClN2OS/c1-18-8-6-12(15)13(17)16-7-5-10-3-2-4-11(14)9-10/h2-4,9,12H,5-8,15H2,1H3,(H,16,17)/t12-/m0/s1. The van der Waals surface area contributed by atoms with Gasteiger partial charge in [0.1, 0.15) is 0 Å². The zero-order chi connectivity index (χ0) is 13.4. The molecular weight excluding hydrogens is 268 g/mol. The monoisotopic (exact) mass is 286 g/mol. The maximum atomic E-state index is 11.6. The molecular formula is C13H19ClN2OS. The number of hydrogen-bond donors (Lipinski definition) is 2. The van der Waals surface area contributed by atoms with Crippen molar-refractivity contribution in [1.82, 2.24) is 5.32 Å². The summed E-state index contributed by atoms with van der Waals surface area (Å²) in [5.74, 6) is 0.828. The smallest absolute Gasteiger partial charge is 0.236 e. The Kier molecular flexibility index (Phi) is 7.16. The average Bonchev–Trinajstić information content (AvgIpc) is 2.35. The van der Waals surface area contributed by atoms with Crippen molar-refractivity contribution in [3.63, 3.8) is 0 Å². The maximum Gasteiger partial charge on any atom is 0.236 e. The van der Waals surface area contributed by atoms with Crippen LogP contribution in [0.1, 0.15) is 12.0 Å². The van der Waals surface area contributed by atoms with Crippen LogP contribution in [0.3, 0.4) is 0 Å². The molecule has 0 unspecified atom stereocenters. The van der Waals surface area contributed by atoms with Crippen molar-refractivity contribution in [1.29, 1.82) is 0 Å². The van der Waals surface area contributed by atoms with Gasteiger partial charge in [-0.2, -0.15) is 11.8 Å². The molecule has 3 N–H and O–H groups in total. The van der Waals surface area contributed by atoms with Gasteiger partial charge in [-0.1, -0.05) is 23.7 Å². The Morgan fingerprint density at radius 3 is 3.00 bits per heavy atom. The van der Waals surface area contributed by atoms with Gasteiger partial charge in [-0.25, -0.2) is 0 Å². The minimum atomic E-state index is -0.406. The molecule has 1 aromatic carbocycles. The van der Waals surface area contributed by atoms with Crippen molar-refractivity contribution in [2.45, 2.75) is 18.9 Å². The molecule has 1 atom stereocenters. The van der Waals surface area contributed by atoms with Crippen LogP contribution >= 0.6 is 23.4 Å². The molecule has 5 heteroatoms. The maximum absolute atomic E-state index is 11.6. The molecule has 0 heterocycles. The summed E-state index contributed by atoms with van der Waals surface area (Å²) < 4.78 is 0. The molecule has 0 saturated heterocycles. The molecule has 0 fully saturated rings. The number of amides is 1. The van der Waals surface area contributed by atoms with E-state index in [1.807, 2.05) is 30.5 Å². The second-order valence-electron chi connectivity index (χ2n) is 4.06. The lowest BCUT2D eigenvalue weighted by molar-refractivity contribution is -0.122. The van der Waals surface area contributed by atoms with Gasteiger partial charge in [0.2, 0.25) is 5.91 Å². The minimum Gasteiger partial charge on any atom is -0.354 e. The second kappa shape index (κ2) is 8.40. The molecule has 0 aliphatic carbocycles. The average molecular weight is 287 g/mol. The first kappa shape index (κ1) is 15.3. The normalized spacial score (nSPS) is 12.2. The van der Waals surface area contributed by atoms with Crippen molar-refractivity contribution in [3.8, 4) is 0 Å². The summed E-state index contributed by atoms with van der Waals surface area (Å²) in [6, 6.07) is 7.23. The van der Waals surface area contributed by atoms with E-state index in [0.717, 1.165) is 22.8 Å². The summed E-state index contributed by atoms with van der Waals surface area (Å²) in [6.07, 6.45) is 3.48. The number of carbonyl (C=O) groups is 1. The Bertz CT molecular complexity index is 387. The molecule has 0 aliphatic rings. The van der Waals surface area contributed by atoms with E-state index in [9.17, 15) is 4.79 Å². The van der Waals surface area contributed by atoms with Crippen molar-refractivity contribution in [2.24, 2.45) is 5.73 Å². The number of nitrogens with one attached hydrogen (secondary N) is 1. The number of rotatable bonds is 7. The highest BCUT2D eigenvalue weighted by atomic mass is 35.5. The fraction of sp³-hybridized carbons (Fsp3) is 0.462. The quantitative estimate of drug-likeness (QED) is 0.807. The number of nitrogens with two attached hydrogens (primary N) is 1. The second-order valence-corrected chi connectivity index (χ2v) is 5.48. The summed E-state index contributed by atoms with van der Waals surface area (Å²) in [4.78, 5) is 11.6. The first-order valence-corrected chi connectivity index (χ1v) is 7.67. The van der Waals surface area contributed by atoms with Gasteiger partial charge >= 0.3 is 0 Å². The molecule has 3 nitrogen and oxygen atoms in total. The molecule has 1 aromatic rings. The largest absolute Gasteiger partial charge is 0.354 e. The predicted molar refractivity (Wildman–Crippen MR) is 79.1 cm³/mol. The van der Waals surface area contributed by atoms with Crippen LogP contribution in [0.2, 0.25) is 5.02 Å². The van der Waals surface area contributed by atoms with E-state index in [4.69, 9.17) is 17.3 Å². The number of carbonyl (C=O) groups excluding carboxylic acids is 1. The van der Waals surface area contributed by atoms with E-state index in [1.165, 1.54) is 0 Å². The molecule has 1 amide bonds. The molecule has 0 radical (unpaired) electrons. The summed E-state index contributed by atoms with van der Waals surface area (Å²) >= 11 is 7.58. The zero-order valence-electron chi connectivity index (χ0n) is 10.5. The van der Waals surface area contributed by atoms with Crippen molar-refractivity contribution >= 4 is 29.3 Å². The van der Waals surface area contributed by atoms with Crippen molar-refractivity contribution in [3.05, 3.63) is 34.9 Å².